The fourth-order valence-corrected chi connectivity index (χ4v) is 3.04. The minimum Gasteiger partial charge on any atom is -0.507 e. The van der Waals surface area contributed by atoms with Gasteiger partial charge in [-0.3, -0.25) is 0 Å². The second-order valence-corrected chi connectivity index (χ2v) is 6.39. The van der Waals surface area contributed by atoms with Crippen molar-refractivity contribution in [3.8, 4) is 17.1 Å². The number of aromatic nitrogens is 2. The van der Waals surface area contributed by atoms with E-state index in [2.05, 4.69) is 36.9 Å². The van der Waals surface area contributed by atoms with Crippen LogP contribution < -0.4 is 4.90 Å². The molecule has 0 radical (unpaired) electrons. The molecule has 0 amide bonds. The lowest BCUT2D eigenvalue weighted by atomic mass is 10.1. The summed E-state index contributed by atoms with van der Waals surface area (Å²) in [5, 5.41) is 11.3. The normalized spacial score (nSPS) is 11.0. The first-order chi connectivity index (χ1) is 12.6. The number of nitrogens with zero attached hydrogens (tertiary/aromatic N) is 3. The fraction of sp³-hybridized carbons (Fsp3) is 0.333. The van der Waals surface area contributed by atoms with Crippen molar-refractivity contribution < 1.29 is 9.84 Å². The Morgan fingerprint density at radius 3 is 2.62 bits per heavy atom. The van der Waals surface area contributed by atoms with Gasteiger partial charge < -0.3 is 14.7 Å². The highest BCUT2D eigenvalue weighted by molar-refractivity contribution is 5.91. The van der Waals surface area contributed by atoms with Crippen LogP contribution in [0.25, 0.3) is 22.3 Å². The van der Waals surface area contributed by atoms with Crippen molar-refractivity contribution in [3.63, 3.8) is 0 Å². The van der Waals surface area contributed by atoms with Gasteiger partial charge in [-0.1, -0.05) is 25.1 Å². The molecule has 1 heterocycles. The van der Waals surface area contributed by atoms with E-state index in [9.17, 15) is 5.11 Å². The fourth-order valence-electron chi connectivity index (χ4n) is 3.04. The summed E-state index contributed by atoms with van der Waals surface area (Å²) >= 11 is 0. The van der Waals surface area contributed by atoms with E-state index in [0.717, 1.165) is 41.8 Å². The molecule has 3 aromatic rings. The molecule has 26 heavy (non-hydrogen) atoms. The summed E-state index contributed by atoms with van der Waals surface area (Å²) in [6, 6.07) is 13.4. The quantitative estimate of drug-likeness (QED) is 0.692. The number of aromatic hydroxyl groups is 1. The van der Waals surface area contributed by atoms with E-state index in [1.807, 2.05) is 12.1 Å². The highest BCUT2D eigenvalue weighted by atomic mass is 16.5. The Morgan fingerprint density at radius 1 is 1.08 bits per heavy atom. The predicted molar refractivity (Wildman–Crippen MR) is 106 cm³/mol. The molecule has 0 bridgehead atoms. The van der Waals surface area contributed by atoms with E-state index < -0.39 is 0 Å². The second kappa shape index (κ2) is 8.15. The van der Waals surface area contributed by atoms with Crippen molar-refractivity contribution in [2.45, 2.75) is 20.3 Å². The summed E-state index contributed by atoms with van der Waals surface area (Å²) in [4.78, 5) is 11.8. The monoisotopic (exact) mass is 351 g/mol. The maximum absolute atomic E-state index is 10.3. The number of phenolic OH excluding ortho intramolecular Hbond substituents is 1. The van der Waals surface area contributed by atoms with Crippen LogP contribution in [0.3, 0.4) is 0 Å². The molecule has 2 aromatic carbocycles. The molecule has 0 aliphatic heterocycles. The third kappa shape index (κ3) is 3.78. The molecule has 5 heteroatoms. The smallest absolute Gasteiger partial charge is 0.165 e. The van der Waals surface area contributed by atoms with E-state index in [0.29, 0.717) is 18.0 Å². The molecule has 1 aromatic heterocycles. The third-order valence-corrected chi connectivity index (χ3v) is 4.34. The molecule has 0 saturated heterocycles. The lowest BCUT2D eigenvalue weighted by Gasteiger charge is -2.25. The number of phenols is 1. The van der Waals surface area contributed by atoms with Gasteiger partial charge in [0.2, 0.25) is 0 Å². The van der Waals surface area contributed by atoms with E-state index in [1.54, 1.807) is 19.2 Å². The number of ether oxygens (including phenoxy) is 1. The summed E-state index contributed by atoms with van der Waals surface area (Å²) in [6.45, 7) is 6.46. The SMILES string of the molecule is CCCN(CCOC)c1nc(-c2ccccc2O)nc2cc(C)ccc12. The van der Waals surface area contributed by atoms with E-state index in [-0.39, 0.29) is 5.75 Å². The third-order valence-electron chi connectivity index (χ3n) is 4.34. The van der Waals surface area contributed by atoms with Crippen LogP contribution >= 0.6 is 0 Å². The van der Waals surface area contributed by atoms with Crippen LogP contribution in [0.5, 0.6) is 5.75 Å². The van der Waals surface area contributed by atoms with Crippen LogP contribution in [-0.4, -0.2) is 41.9 Å². The summed E-state index contributed by atoms with van der Waals surface area (Å²) in [5.74, 6) is 1.60. The zero-order chi connectivity index (χ0) is 18.5. The number of rotatable bonds is 7. The molecule has 0 unspecified atom stereocenters. The maximum Gasteiger partial charge on any atom is 0.165 e. The largest absolute Gasteiger partial charge is 0.507 e. The highest BCUT2D eigenvalue weighted by Crippen LogP contribution is 2.31. The standard InChI is InChI=1S/C21H25N3O2/c1-4-11-24(12-13-26-3)21-16-10-9-15(2)14-18(16)22-20(23-21)17-7-5-6-8-19(17)25/h5-10,14,25H,4,11-13H2,1-3H3. The molecule has 0 atom stereocenters. The van der Waals surface area contributed by atoms with Gasteiger partial charge in [0.05, 0.1) is 17.7 Å². The van der Waals surface area contributed by atoms with Crippen molar-refractivity contribution in [1.82, 2.24) is 9.97 Å². The Labute approximate surface area is 154 Å². The van der Waals surface area contributed by atoms with Crippen LogP contribution in [0.2, 0.25) is 0 Å². The van der Waals surface area contributed by atoms with Gasteiger partial charge in [-0.2, -0.15) is 0 Å². The Morgan fingerprint density at radius 2 is 1.88 bits per heavy atom. The Balaban J connectivity index is 2.20. The lowest BCUT2D eigenvalue weighted by molar-refractivity contribution is 0.205. The second-order valence-electron chi connectivity index (χ2n) is 6.39. The van der Waals surface area contributed by atoms with Crippen LogP contribution in [0.15, 0.2) is 42.5 Å². The van der Waals surface area contributed by atoms with E-state index >= 15 is 0 Å². The minimum atomic E-state index is 0.185. The topological polar surface area (TPSA) is 58.5 Å². The van der Waals surface area contributed by atoms with Crippen molar-refractivity contribution in [2.24, 2.45) is 0 Å². The molecule has 5 nitrogen and oxygen atoms in total. The zero-order valence-corrected chi connectivity index (χ0v) is 15.6. The Bertz CT molecular complexity index is 896. The molecule has 136 valence electrons. The summed E-state index contributed by atoms with van der Waals surface area (Å²) < 4.78 is 5.28. The number of para-hydroxylation sites is 1. The number of hydrogen-bond acceptors (Lipinski definition) is 5. The van der Waals surface area contributed by atoms with Crippen molar-refractivity contribution in [2.75, 3.05) is 31.7 Å². The molecular formula is C21H25N3O2. The van der Waals surface area contributed by atoms with Gasteiger partial charge in [-0.05, 0) is 43.2 Å². The summed E-state index contributed by atoms with van der Waals surface area (Å²) in [7, 11) is 1.71. The molecule has 0 spiro atoms. The van der Waals surface area contributed by atoms with Gasteiger partial charge in [-0.25, -0.2) is 9.97 Å². The molecule has 0 saturated carbocycles. The van der Waals surface area contributed by atoms with Crippen molar-refractivity contribution in [3.05, 3.63) is 48.0 Å². The van der Waals surface area contributed by atoms with Crippen molar-refractivity contribution >= 4 is 16.7 Å². The van der Waals surface area contributed by atoms with Crippen molar-refractivity contribution in [1.29, 1.82) is 0 Å². The van der Waals surface area contributed by atoms with Gasteiger partial charge >= 0.3 is 0 Å². The predicted octanol–water partition coefficient (Wildman–Crippen LogP) is 4.17. The summed E-state index contributed by atoms with van der Waals surface area (Å²) in [6.07, 6.45) is 1.01. The van der Waals surface area contributed by atoms with Gasteiger partial charge in [-0.15, -0.1) is 0 Å². The Kier molecular flexibility index (Phi) is 5.68. The average molecular weight is 351 g/mol. The van der Waals surface area contributed by atoms with Crippen LogP contribution in [0.1, 0.15) is 18.9 Å². The molecule has 0 aliphatic rings. The first-order valence-electron chi connectivity index (χ1n) is 8.94. The minimum absolute atomic E-state index is 0.185. The zero-order valence-electron chi connectivity index (χ0n) is 15.6. The molecule has 0 aliphatic carbocycles. The molecule has 0 fully saturated rings. The van der Waals surface area contributed by atoms with Crippen LogP contribution in [0.4, 0.5) is 5.82 Å². The molecular weight excluding hydrogens is 326 g/mol. The first kappa shape index (κ1) is 18.1. The van der Waals surface area contributed by atoms with E-state index in [1.165, 1.54) is 0 Å². The first-order valence-corrected chi connectivity index (χ1v) is 8.94. The maximum atomic E-state index is 10.3. The number of fused-ring (bicyclic) bond motifs is 1. The molecule has 3 rings (SSSR count). The van der Waals surface area contributed by atoms with Gasteiger partial charge in [0.15, 0.2) is 5.82 Å². The number of anilines is 1. The Hall–Kier alpha value is -2.66. The van der Waals surface area contributed by atoms with Gasteiger partial charge in [0.25, 0.3) is 0 Å². The number of methoxy groups -OCH3 is 1. The summed E-state index contributed by atoms with van der Waals surface area (Å²) in [5.41, 5.74) is 2.66. The molecule has 1 N–H and O–H groups in total. The highest BCUT2D eigenvalue weighted by Gasteiger charge is 2.16. The average Bonchev–Trinajstić information content (AvgIpc) is 2.64. The number of hydrogen-bond donors (Lipinski definition) is 1. The van der Waals surface area contributed by atoms with Gasteiger partial charge in [0.1, 0.15) is 11.6 Å². The lowest BCUT2D eigenvalue weighted by Crippen LogP contribution is -2.29. The number of benzene rings is 2. The van der Waals surface area contributed by atoms with Crippen LogP contribution in [0, 0.1) is 6.92 Å². The number of aryl methyl sites for hydroxylation is 1. The van der Waals surface area contributed by atoms with Crippen LogP contribution in [-0.2, 0) is 4.74 Å². The van der Waals surface area contributed by atoms with E-state index in [4.69, 9.17) is 14.7 Å². The van der Waals surface area contributed by atoms with Gasteiger partial charge in [0, 0.05) is 25.6 Å².